The Balaban J connectivity index is 1.17. The molecule has 1 unspecified atom stereocenters. The van der Waals surface area contributed by atoms with Crippen LogP contribution < -0.4 is 0 Å². The van der Waals surface area contributed by atoms with Crippen LogP contribution in [0.2, 0.25) is 0 Å². The van der Waals surface area contributed by atoms with Crippen LogP contribution in [0.3, 0.4) is 0 Å². The van der Waals surface area contributed by atoms with Gasteiger partial charge in [-0.2, -0.15) is 0 Å². The van der Waals surface area contributed by atoms with Gasteiger partial charge in [0.1, 0.15) is 42.1 Å². The number of hydrogen-bond acceptors (Lipinski definition) is 13. The molecule has 8 rings (SSSR count). The van der Waals surface area contributed by atoms with E-state index in [1.807, 2.05) is 152 Å². The molecule has 0 N–H and O–H groups in total. The lowest BCUT2D eigenvalue weighted by Gasteiger charge is -2.51. The van der Waals surface area contributed by atoms with Gasteiger partial charge in [-0.15, -0.1) is 0 Å². The van der Waals surface area contributed by atoms with Gasteiger partial charge < -0.3 is 47.4 Å². The molecule has 3 aliphatic heterocycles. The smallest absolute Gasteiger partial charge is 0.303 e. The van der Waals surface area contributed by atoms with E-state index in [0.29, 0.717) is 6.61 Å². The normalized spacial score (nSPS) is 28.1. The molecule has 5 aromatic rings. The lowest BCUT2D eigenvalue weighted by molar-refractivity contribution is -0.371. The summed E-state index contributed by atoms with van der Waals surface area (Å²) in [6, 6.07) is 48.5. The number of rotatable bonds is 17. The van der Waals surface area contributed by atoms with Crippen LogP contribution in [0.1, 0.15) is 42.4 Å². The van der Waals surface area contributed by atoms with Crippen LogP contribution >= 0.6 is 11.8 Å². The SMILES string of the molecule is CC(=O)O[C@@H]1[C@@H](O[C@@H]2[C@H](OC(C)=O)[C@@H](Sc3ccccc3)O[C@@H]3COC(c4ccccc4)O[C@@H]23)O[C@H](COCc2ccccc2)[C@@H](OCc2ccccc2)[C@@H]1OCc1ccccc1. The fourth-order valence-electron chi connectivity index (χ4n) is 7.91. The van der Waals surface area contributed by atoms with Crippen molar-refractivity contribution in [3.63, 3.8) is 0 Å². The molecule has 3 fully saturated rings. The molecule has 0 amide bonds. The fraction of sp³-hybridized carbons (Fsp3) is 0.360. The minimum atomic E-state index is -1.30. The lowest BCUT2D eigenvalue weighted by Crippen LogP contribution is -2.67. The molecular weight excluding hydrogens is 825 g/mol. The van der Waals surface area contributed by atoms with Gasteiger partial charge in [-0.3, -0.25) is 9.59 Å². The van der Waals surface area contributed by atoms with Gasteiger partial charge in [0.2, 0.25) is 0 Å². The number of thioether (sulfide) groups is 1. The van der Waals surface area contributed by atoms with Gasteiger partial charge in [0.15, 0.2) is 24.8 Å². The van der Waals surface area contributed by atoms with Crippen molar-refractivity contribution in [2.45, 2.75) is 105 Å². The number of esters is 2. The molecule has 3 heterocycles. The topological polar surface area (TPSA) is 126 Å². The zero-order valence-electron chi connectivity index (χ0n) is 35.1. The van der Waals surface area contributed by atoms with Crippen LogP contribution in [-0.4, -0.2) is 85.7 Å². The monoisotopic (exact) mass is 876 g/mol. The van der Waals surface area contributed by atoms with Crippen LogP contribution in [0.15, 0.2) is 157 Å². The van der Waals surface area contributed by atoms with Gasteiger partial charge >= 0.3 is 11.9 Å². The minimum absolute atomic E-state index is 0.0618. The number of benzene rings is 5. The molecule has 13 heteroatoms. The van der Waals surface area contributed by atoms with Crippen molar-refractivity contribution in [3.8, 4) is 0 Å². The summed E-state index contributed by atoms with van der Waals surface area (Å²) in [4.78, 5) is 27.1. The van der Waals surface area contributed by atoms with E-state index in [0.717, 1.165) is 27.1 Å². The molecule has 5 aromatic carbocycles. The van der Waals surface area contributed by atoms with Crippen molar-refractivity contribution in [1.82, 2.24) is 0 Å². The van der Waals surface area contributed by atoms with Crippen molar-refractivity contribution < 1.29 is 57.0 Å². The molecule has 3 saturated heterocycles. The predicted molar refractivity (Wildman–Crippen MR) is 232 cm³/mol. The van der Waals surface area contributed by atoms with Gasteiger partial charge in [0.05, 0.1) is 33.0 Å². The highest BCUT2D eigenvalue weighted by Gasteiger charge is 2.57. The Morgan fingerprint density at radius 3 is 1.68 bits per heavy atom. The summed E-state index contributed by atoms with van der Waals surface area (Å²) in [7, 11) is 0. The zero-order valence-corrected chi connectivity index (χ0v) is 35.9. The average Bonchev–Trinajstić information content (AvgIpc) is 3.31. The Hall–Kier alpha value is -4.93. The number of carbonyl (C=O) groups excluding carboxylic acids is 2. The number of carbonyl (C=O) groups is 2. The summed E-state index contributed by atoms with van der Waals surface area (Å²) >= 11 is 1.38. The maximum absolute atomic E-state index is 13.2. The van der Waals surface area contributed by atoms with Crippen LogP contribution in [0.4, 0.5) is 0 Å². The Morgan fingerprint density at radius 2 is 1.10 bits per heavy atom. The summed E-state index contributed by atoms with van der Waals surface area (Å²) in [6.45, 7) is 3.54. The molecule has 0 aromatic heterocycles. The molecular formula is C50H52O12S. The van der Waals surface area contributed by atoms with Crippen LogP contribution in [0, 0.1) is 0 Å². The molecule has 0 saturated carbocycles. The first-order valence-electron chi connectivity index (χ1n) is 21.1. The van der Waals surface area contributed by atoms with Crippen LogP contribution in [-0.2, 0) is 76.8 Å². The summed E-state index contributed by atoms with van der Waals surface area (Å²) < 4.78 is 65.9. The third-order valence-corrected chi connectivity index (χ3v) is 12.0. The number of fused-ring (bicyclic) bond motifs is 1. The third-order valence-electron chi connectivity index (χ3n) is 10.8. The van der Waals surface area contributed by atoms with Crippen molar-refractivity contribution in [2.24, 2.45) is 0 Å². The lowest BCUT2D eigenvalue weighted by atomic mass is 9.96. The van der Waals surface area contributed by atoms with Gasteiger partial charge in [-0.05, 0) is 28.8 Å². The van der Waals surface area contributed by atoms with Gasteiger partial charge in [-0.25, -0.2) is 0 Å². The Labute approximate surface area is 372 Å². The minimum Gasteiger partial charge on any atom is -0.456 e. The van der Waals surface area contributed by atoms with Crippen molar-refractivity contribution in [3.05, 3.63) is 174 Å². The van der Waals surface area contributed by atoms with E-state index in [1.54, 1.807) is 0 Å². The Morgan fingerprint density at radius 1 is 0.571 bits per heavy atom. The van der Waals surface area contributed by atoms with Crippen LogP contribution in [0.5, 0.6) is 0 Å². The second kappa shape index (κ2) is 22.1. The van der Waals surface area contributed by atoms with Crippen molar-refractivity contribution in [2.75, 3.05) is 13.2 Å². The maximum Gasteiger partial charge on any atom is 0.303 e. The van der Waals surface area contributed by atoms with Gasteiger partial charge in [0.25, 0.3) is 0 Å². The van der Waals surface area contributed by atoms with E-state index in [4.69, 9.17) is 47.4 Å². The molecule has 0 radical (unpaired) electrons. The molecule has 12 nitrogen and oxygen atoms in total. The molecule has 63 heavy (non-hydrogen) atoms. The number of hydrogen-bond donors (Lipinski definition) is 0. The Bertz CT molecular complexity index is 2150. The summed E-state index contributed by atoms with van der Waals surface area (Å²) in [5.74, 6) is -1.14. The van der Waals surface area contributed by atoms with E-state index in [-0.39, 0.29) is 26.4 Å². The van der Waals surface area contributed by atoms with E-state index in [2.05, 4.69) is 0 Å². The highest BCUT2D eigenvalue weighted by Crippen LogP contribution is 2.43. The average molecular weight is 877 g/mol. The fourth-order valence-corrected chi connectivity index (χ4v) is 9.04. The van der Waals surface area contributed by atoms with Crippen molar-refractivity contribution in [1.29, 1.82) is 0 Å². The molecule has 0 aliphatic carbocycles. The van der Waals surface area contributed by atoms with Crippen molar-refractivity contribution >= 4 is 23.7 Å². The summed E-state index contributed by atoms with van der Waals surface area (Å²) in [6.07, 6.45) is -9.39. The second-order valence-corrected chi connectivity index (χ2v) is 16.6. The van der Waals surface area contributed by atoms with E-state index in [9.17, 15) is 9.59 Å². The third kappa shape index (κ3) is 12.0. The van der Waals surface area contributed by atoms with Gasteiger partial charge in [0, 0.05) is 24.3 Å². The van der Waals surface area contributed by atoms with E-state index in [1.165, 1.54) is 25.6 Å². The first-order valence-corrected chi connectivity index (χ1v) is 22.0. The molecule has 11 atom stereocenters. The van der Waals surface area contributed by atoms with E-state index >= 15 is 0 Å². The number of ether oxygens (including phenoxy) is 10. The second-order valence-electron chi connectivity index (χ2n) is 15.5. The maximum atomic E-state index is 13.2. The molecule has 0 spiro atoms. The molecule has 330 valence electrons. The highest BCUT2D eigenvalue weighted by molar-refractivity contribution is 7.99. The standard InChI is InChI=1S/C50H52O12S/c1-33(51)57-46-44(55-30-37-22-12-5-13-23-37)42(54-29-36-20-10-4-11-21-36)40(31-53-28-35-18-8-3-9-19-35)59-49(46)62-45-43-41(32-56-48(61-43)38-24-14-6-15-25-38)60-50(47(45)58-34(2)52)63-39-26-16-7-17-27-39/h3-27,40-50H,28-32H2,1-2H3/t40-,41-,42-,43-,44+,45+,46+,47+,48?,49-,50-/m1/s1. The molecule has 3 aliphatic rings. The predicted octanol–water partition coefficient (Wildman–Crippen LogP) is 7.98. The quantitative estimate of drug-likeness (QED) is 0.0840. The summed E-state index contributed by atoms with van der Waals surface area (Å²) in [5.41, 5.74) is 2.81. The zero-order chi connectivity index (χ0) is 43.4. The van der Waals surface area contributed by atoms with E-state index < -0.39 is 78.8 Å². The highest BCUT2D eigenvalue weighted by atomic mass is 32.2. The largest absolute Gasteiger partial charge is 0.456 e. The first-order chi connectivity index (χ1) is 30.9. The molecule has 0 bridgehead atoms. The van der Waals surface area contributed by atoms with Gasteiger partial charge in [-0.1, -0.05) is 151 Å². The first kappa shape index (κ1) is 44.7. The summed E-state index contributed by atoms with van der Waals surface area (Å²) in [5, 5.41) is 0. The van der Waals surface area contributed by atoms with Crippen LogP contribution in [0.25, 0.3) is 0 Å². The Kier molecular flexibility index (Phi) is 15.7.